The largest absolute Gasteiger partial charge is 0.480 e. The molecule has 4 nitrogen and oxygen atoms in total. The predicted molar refractivity (Wildman–Crippen MR) is 101 cm³/mol. The Kier molecular flexibility index (Phi) is 5.96. The van der Waals surface area contributed by atoms with Crippen molar-refractivity contribution < 1.29 is 14.7 Å². The van der Waals surface area contributed by atoms with Crippen molar-refractivity contribution in [3.05, 3.63) is 52.4 Å². The number of benzene rings is 1. The highest BCUT2D eigenvalue weighted by Crippen LogP contribution is 2.35. The fourth-order valence-electron chi connectivity index (χ4n) is 2.47. The van der Waals surface area contributed by atoms with Crippen molar-refractivity contribution in [2.24, 2.45) is 5.92 Å². The van der Waals surface area contributed by atoms with E-state index < -0.39 is 12.0 Å². The van der Waals surface area contributed by atoms with Crippen LogP contribution in [-0.2, 0) is 9.59 Å². The van der Waals surface area contributed by atoms with E-state index >= 15 is 0 Å². The van der Waals surface area contributed by atoms with Gasteiger partial charge in [-0.3, -0.25) is 9.69 Å². The van der Waals surface area contributed by atoms with Crippen LogP contribution >= 0.6 is 24.0 Å². The zero-order valence-electron chi connectivity index (χ0n) is 13.7. The molecule has 0 radical (unpaired) electrons. The van der Waals surface area contributed by atoms with Crippen LogP contribution in [0.15, 0.2) is 46.9 Å². The molecule has 1 saturated heterocycles. The Morgan fingerprint density at radius 2 is 1.92 bits per heavy atom. The van der Waals surface area contributed by atoms with Crippen LogP contribution in [0.2, 0.25) is 0 Å². The number of hydrogen-bond donors (Lipinski definition) is 1. The number of aliphatic carboxylic acids is 1. The standard InChI is InChI=1S/C18H19NO3S2/c1-11(2)15(17(21)22)19-16(20)14(24-18(19)23)10-12(3)9-13-7-5-4-6-8-13/h4-11,15H,1-3H3,(H,21,22)/b12-9+,14-10-. The van der Waals surface area contributed by atoms with Crippen LogP contribution in [0.1, 0.15) is 26.3 Å². The molecule has 1 aromatic carbocycles. The maximum Gasteiger partial charge on any atom is 0.327 e. The highest BCUT2D eigenvalue weighted by atomic mass is 32.2. The Morgan fingerprint density at radius 3 is 2.46 bits per heavy atom. The topological polar surface area (TPSA) is 57.6 Å². The van der Waals surface area contributed by atoms with E-state index in [4.69, 9.17) is 12.2 Å². The van der Waals surface area contributed by atoms with Crippen LogP contribution in [0.3, 0.4) is 0 Å². The van der Waals surface area contributed by atoms with Gasteiger partial charge in [0.05, 0.1) is 4.91 Å². The zero-order valence-corrected chi connectivity index (χ0v) is 15.4. The molecular weight excluding hydrogens is 342 g/mol. The maximum atomic E-state index is 12.6. The summed E-state index contributed by atoms with van der Waals surface area (Å²) in [6.45, 7) is 5.43. The summed E-state index contributed by atoms with van der Waals surface area (Å²) in [5.41, 5.74) is 1.94. The normalized spacial score (nSPS) is 18.6. The molecular formula is C18H19NO3S2. The lowest BCUT2D eigenvalue weighted by Gasteiger charge is -2.26. The molecule has 1 unspecified atom stereocenters. The fraction of sp³-hybridized carbons (Fsp3) is 0.278. The average molecular weight is 361 g/mol. The third kappa shape index (κ3) is 4.13. The first-order chi connectivity index (χ1) is 11.3. The summed E-state index contributed by atoms with van der Waals surface area (Å²) < 4.78 is 0.292. The predicted octanol–water partition coefficient (Wildman–Crippen LogP) is 3.94. The quantitative estimate of drug-likeness (QED) is 0.636. The summed E-state index contributed by atoms with van der Waals surface area (Å²) in [6.07, 6.45) is 3.72. The van der Waals surface area contributed by atoms with Gasteiger partial charge < -0.3 is 5.11 Å². The number of nitrogens with zero attached hydrogens (tertiary/aromatic N) is 1. The molecule has 2 rings (SSSR count). The molecule has 126 valence electrons. The molecule has 1 fully saturated rings. The number of thioether (sulfide) groups is 1. The number of thiocarbonyl (C=S) groups is 1. The van der Waals surface area contributed by atoms with Gasteiger partial charge in [0, 0.05) is 0 Å². The molecule has 1 heterocycles. The Morgan fingerprint density at radius 1 is 1.29 bits per heavy atom. The van der Waals surface area contributed by atoms with Crippen molar-refractivity contribution in [2.75, 3.05) is 0 Å². The number of carboxylic acid groups (broad SMARTS) is 1. The van der Waals surface area contributed by atoms with Gasteiger partial charge in [-0.2, -0.15) is 0 Å². The molecule has 0 aliphatic carbocycles. The second-order valence-electron chi connectivity index (χ2n) is 5.88. The van der Waals surface area contributed by atoms with Crippen LogP contribution < -0.4 is 0 Å². The molecule has 0 saturated carbocycles. The van der Waals surface area contributed by atoms with Crippen molar-refractivity contribution in [3.63, 3.8) is 0 Å². The second kappa shape index (κ2) is 7.77. The number of carbonyl (C=O) groups is 2. The van der Waals surface area contributed by atoms with Crippen LogP contribution in [0.25, 0.3) is 6.08 Å². The summed E-state index contributed by atoms with van der Waals surface area (Å²) in [5, 5.41) is 9.41. The van der Waals surface area contributed by atoms with Crippen LogP contribution in [0.4, 0.5) is 0 Å². The maximum absolute atomic E-state index is 12.6. The molecule has 0 spiro atoms. The highest BCUT2D eigenvalue weighted by Gasteiger charge is 2.41. The molecule has 1 amide bonds. The summed E-state index contributed by atoms with van der Waals surface area (Å²) in [4.78, 5) is 25.8. The molecule has 1 aromatic rings. The molecule has 6 heteroatoms. The Balaban J connectivity index is 2.28. The molecule has 1 atom stereocenters. The Hall–Kier alpha value is -1.92. The summed E-state index contributed by atoms with van der Waals surface area (Å²) in [7, 11) is 0. The van der Waals surface area contributed by atoms with Crippen molar-refractivity contribution in [2.45, 2.75) is 26.8 Å². The lowest BCUT2D eigenvalue weighted by Crippen LogP contribution is -2.47. The number of carbonyl (C=O) groups excluding carboxylic acids is 1. The monoisotopic (exact) mass is 361 g/mol. The lowest BCUT2D eigenvalue weighted by molar-refractivity contribution is -0.146. The molecule has 1 aliphatic rings. The number of amides is 1. The zero-order chi connectivity index (χ0) is 17.9. The minimum Gasteiger partial charge on any atom is -0.480 e. The SMILES string of the molecule is CC(/C=C1\SC(=S)N(C(C(=O)O)C(C)C)C1=O)=C\c1ccccc1. The van der Waals surface area contributed by atoms with E-state index in [1.807, 2.05) is 43.3 Å². The van der Waals surface area contributed by atoms with E-state index in [0.29, 0.717) is 9.23 Å². The van der Waals surface area contributed by atoms with Gasteiger partial charge in [0.2, 0.25) is 0 Å². The number of rotatable bonds is 5. The van der Waals surface area contributed by atoms with E-state index in [9.17, 15) is 14.7 Å². The third-order valence-corrected chi connectivity index (χ3v) is 4.87. The first kappa shape index (κ1) is 18.4. The minimum atomic E-state index is -1.04. The van der Waals surface area contributed by atoms with E-state index in [1.54, 1.807) is 19.9 Å². The van der Waals surface area contributed by atoms with Gasteiger partial charge in [0.1, 0.15) is 10.4 Å². The fourth-order valence-corrected chi connectivity index (χ4v) is 3.85. The lowest BCUT2D eigenvalue weighted by atomic mass is 10.0. The first-order valence-corrected chi connectivity index (χ1v) is 8.77. The van der Waals surface area contributed by atoms with Gasteiger partial charge in [0.15, 0.2) is 0 Å². The van der Waals surface area contributed by atoms with Gasteiger partial charge in [-0.15, -0.1) is 0 Å². The van der Waals surface area contributed by atoms with Crippen LogP contribution in [0.5, 0.6) is 0 Å². The minimum absolute atomic E-state index is 0.231. The van der Waals surface area contributed by atoms with Crippen LogP contribution in [0, 0.1) is 5.92 Å². The number of hydrogen-bond acceptors (Lipinski definition) is 4. The van der Waals surface area contributed by atoms with Gasteiger partial charge in [-0.25, -0.2) is 4.79 Å². The third-order valence-electron chi connectivity index (χ3n) is 3.54. The van der Waals surface area contributed by atoms with E-state index in [-0.39, 0.29) is 11.8 Å². The van der Waals surface area contributed by atoms with Crippen molar-refractivity contribution in [1.82, 2.24) is 4.90 Å². The summed E-state index contributed by atoms with van der Waals surface area (Å²) >= 11 is 6.38. The Labute approximate surface area is 151 Å². The molecule has 1 aliphatic heterocycles. The van der Waals surface area contributed by atoms with Crippen molar-refractivity contribution in [1.29, 1.82) is 0 Å². The van der Waals surface area contributed by atoms with Crippen molar-refractivity contribution >= 4 is 46.3 Å². The van der Waals surface area contributed by atoms with E-state index in [2.05, 4.69) is 0 Å². The summed E-state index contributed by atoms with van der Waals surface area (Å²) in [6, 6.07) is 8.83. The smallest absolute Gasteiger partial charge is 0.327 e. The van der Waals surface area contributed by atoms with E-state index in [1.165, 1.54) is 4.90 Å². The van der Waals surface area contributed by atoms with Gasteiger partial charge in [-0.1, -0.05) is 74.2 Å². The van der Waals surface area contributed by atoms with Gasteiger partial charge >= 0.3 is 5.97 Å². The molecule has 0 aromatic heterocycles. The highest BCUT2D eigenvalue weighted by molar-refractivity contribution is 8.26. The van der Waals surface area contributed by atoms with Gasteiger partial charge in [0.25, 0.3) is 5.91 Å². The molecule has 24 heavy (non-hydrogen) atoms. The van der Waals surface area contributed by atoms with Gasteiger partial charge in [-0.05, 0) is 30.1 Å². The summed E-state index contributed by atoms with van der Waals surface area (Å²) in [5.74, 6) is -1.61. The van der Waals surface area contributed by atoms with Crippen molar-refractivity contribution in [3.8, 4) is 0 Å². The average Bonchev–Trinajstić information content (AvgIpc) is 2.75. The first-order valence-electron chi connectivity index (χ1n) is 7.54. The number of carboxylic acids is 1. The van der Waals surface area contributed by atoms with Crippen LogP contribution in [-0.4, -0.2) is 32.2 Å². The molecule has 0 bridgehead atoms. The Bertz CT molecular complexity index is 723. The molecule has 1 N–H and O–H groups in total. The number of allylic oxidation sites excluding steroid dienone is 2. The van der Waals surface area contributed by atoms with E-state index in [0.717, 1.165) is 22.9 Å². The second-order valence-corrected chi connectivity index (χ2v) is 7.55.